The van der Waals surface area contributed by atoms with Gasteiger partial charge in [-0.15, -0.1) is 0 Å². The fourth-order valence-corrected chi connectivity index (χ4v) is 2.47. The molecule has 0 atom stereocenters. The van der Waals surface area contributed by atoms with Crippen molar-refractivity contribution in [3.63, 3.8) is 0 Å². The van der Waals surface area contributed by atoms with Crippen molar-refractivity contribution in [1.29, 1.82) is 0 Å². The van der Waals surface area contributed by atoms with Gasteiger partial charge in [0.25, 0.3) is 0 Å². The fraction of sp³-hybridized carbons (Fsp3) is 0.308. The summed E-state index contributed by atoms with van der Waals surface area (Å²) < 4.78 is 0. The van der Waals surface area contributed by atoms with Gasteiger partial charge in [-0.25, -0.2) is 0 Å². The number of rotatable bonds is 3. The zero-order valence-electron chi connectivity index (χ0n) is 8.82. The molecule has 1 aromatic carbocycles. The van der Waals surface area contributed by atoms with Crippen LogP contribution in [-0.2, 0) is 15.5 Å². The molecule has 84 valence electrons. The number of carboxylic acid groups (broad SMARTS) is 1. The number of hydrogen-bond acceptors (Lipinski definition) is 1. The summed E-state index contributed by atoms with van der Waals surface area (Å²) in [4.78, 5) is 11.4. The van der Waals surface area contributed by atoms with Crippen LogP contribution in [-0.4, -0.2) is 11.1 Å². The molecule has 0 spiro atoms. The van der Waals surface area contributed by atoms with Gasteiger partial charge in [0.15, 0.2) is 0 Å². The van der Waals surface area contributed by atoms with Crippen molar-refractivity contribution in [2.24, 2.45) is 0 Å². The molecule has 0 aliphatic heterocycles. The average molecular weight is 281 g/mol. The summed E-state index contributed by atoms with van der Waals surface area (Å²) in [6.45, 7) is 0. The molecule has 2 rings (SSSR count). The molecule has 1 aliphatic rings. The third-order valence-electron chi connectivity index (χ3n) is 3.17. The van der Waals surface area contributed by atoms with Crippen LogP contribution in [0.2, 0.25) is 0 Å². The Hall–Kier alpha value is -1.09. The minimum atomic E-state index is -0.732. The molecule has 0 saturated carbocycles. The maximum atomic E-state index is 11.4. The minimum Gasteiger partial charge on any atom is -0.481 e. The maximum Gasteiger partial charge on any atom is 0.314 e. The van der Waals surface area contributed by atoms with Gasteiger partial charge in [-0.3, -0.25) is 4.79 Å². The molecule has 16 heavy (non-hydrogen) atoms. The predicted molar refractivity (Wildman–Crippen MR) is 66.8 cm³/mol. The lowest BCUT2D eigenvalue weighted by atomic mass is 9.78. The monoisotopic (exact) mass is 280 g/mol. The predicted octanol–water partition coefficient (Wildman–Crippen LogP) is 3.25. The number of benzene rings is 1. The van der Waals surface area contributed by atoms with Gasteiger partial charge in [0.2, 0.25) is 0 Å². The zero-order valence-corrected chi connectivity index (χ0v) is 10.4. The first-order valence-corrected chi connectivity index (χ1v) is 6.35. The second kappa shape index (κ2) is 4.42. The Labute approximate surface area is 103 Å². The van der Waals surface area contributed by atoms with E-state index in [0.717, 1.165) is 16.5 Å². The molecule has 0 radical (unpaired) electrons. The van der Waals surface area contributed by atoms with Crippen molar-refractivity contribution < 1.29 is 9.90 Å². The molecule has 0 heterocycles. The lowest BCUT2D eigenvalue weighted by Gasteiger charge is -2.24. The summed E-state index contributed by atoms with van der Waals surface area (Å²) in [5.41, 5.74) is 1.33. The molecular weight excluding hydrogens is 268 g/mol. The number of alkyl halides is 1. The van der Waals surface area contributed by atoms with Crippen LogP contribution in [0.4, 0.5) is 0 Å². The number of allylic oxidation sites excluding steroid dienone is 2. The van der Waals surface area contributed by atoms with E-state index in [4.69, 9.17) is 0 Å². The molecule has 0 unspecified atom stereocenters. The van der Waals surface area contributed by atoms with Crippen LogP contribution in [0, 0.1) is 0 Å². The smallest absolute Gasteiger partial charge is 0.314 e. The summed E-state index contributed by atoms with van der Waals surface area (Å²) in [6, 6.07) is 7.82. The summed E-state index contributed by atoms with van der Waals surface area (Å²) in [7, 11) is 0. The number of carbonyl (C=O) groups is 1. The molecule has 1 aliphatic carbocycles. The van der Waals surface area contributed by atoms with E-state index in [-0.39, 0.29) is 0 Å². The highest BCUT2D eigenvalue weighted by molar-refractivity contribution is 9.08. The first-order valence-electron chi connectivity index (χ1n) is 5.23. The number of aliphatic carboxylic acids is 1. The van der Waals surface area contributed by atoms with Crippen molar-refractivity contribution in [3.8, 4) is 0 Å². The van der Waals surface area contributed by atoms with Gasteiger partial charge in [-0.2, -0.15) is 0 Å². The lowest BCUT2D eigenvalue weighted by Crippen LogP contribution is -2.32. The first-order chi connectivity index (χ1) is 7.69. The van der Waals surface area contributed by atoms with Crippen molar-refractivity contribution in [3.05, 3.63) is 47.5 Å². The fourth-order valence-electron chi connectivity index (χ4n) is 2.10. The molecular formula is C13H13BrO2. The number of hydrogen-bond donors (Lipinski definition) is 1. The largest absolute Gasteiger partial charge is 0.481 e. The molecule has 2 nitrogen and oxygen atoms in total. The topological polar surface area (TPSA) is 37.3 Å². The van der Waals surface area contributed by atoms with Crippen molar-refractivity contribution in [2.75, 3.05) is 0 Å². The van der Waals surface area contributed by atoms with Crippen LogP contribution >= 0.6 is 15.9 Å². The van der Waals surface area contributed by atoms with Crippen molar-refractivity contribution in [1.82, 2.24) is 0 Å². The average Bonchev–Trinajstić information content (AvgIpc) is 2.79. The minimum absolute atomic E-state index is 0.593. The van der Waals surface area contributed by atoms with Crippen LogP contribution in [0.1, 0.15) is 24.0 Å². The SMILES string of the molecule is O=C(O)C1(c2ccc(CBr)cc2)CC=CC1. The molecule has 0 amide bonds. The zero-order chi connectivity index (χ0) is 11.6. The van der Waals surface area contributed by atoms with Gasteiger partial charge in [0, 0.05) is 5.33 Å². The van der Waals surface area contributed by atoms with E-state index in [9.17, 15) is 9.90 Å². The molecule has 3 heteroatoms. The quantitative estimate of drug-likeness (QED) is 0.682. The van der Waals surface area contributed by atoms with Gasteiger partial charge in [0.05, 0.1) is 5.41 Å². The highest BCUT2D eigenvalue weighted by Crippen LogP contribution is 2.37. The molecule has 0 saturated heterocycles. The summed E-state index contributed by atoms with van der Waals surface area (Å²) in [6.07, 6.45) is 5.09. The maximum absolute atomic E-state index is 11.4. The second-order valence-corrected chi connectivity index (χ2v) is 4.66. The van der Waals surface area contributed by atoms with Crippen LogP contribution in [0.3, 0.4) is 0 Å². The van der Waals surface area contributed by atoms with Gasteiger partial charge in [-0.1, -0.05) is 52.3 Å². The van der Waals surface area contributed by atoms with E-state index in [1.807, 2.05) is 36.4 Å². The third kappa shape index (κ3) is 1.80. The molecule has 1 N–H and O–H groups in total. The normalized spacial score (nSPS) is 17.6. The number of halogens is 1. The summed E-state index contributed by atoms with van der Waals surface area (Å²) >= 11 is 3.38. The Kier molecular flexibility index (Phi) is 3.15. The van der Waals surface area contributed by atoms with Gasteiger partial charge in [-0.05, 0) is 24.0 Å². The van der Waals surface area contributed by atoms with E-state index in [1.165, 1.54) is 0 Å². The molecule has 0 fully saturated rings. The van der Waals surface area contributed by atoms with E-state index in [0.29, 0.717) is 12.8 Å². The molecule has 1 aromatic rings. The molecule has 0 bridgehead atoms. The van der Waals surface area contributed by atoms with Crippen LogP contribution in [0.15, 0.2) is 36.4 Å². The van der Waals surface area contributed by atoms with Crippen LogP contribution < -0.4 is 0 Å². The highest BCUT2D eigenvalue weighted by atomic mass is 79.9. The highest BCUT2D eigenvalue weighted by Gasteiger charge is 2.40. The first kappa shape index (κ1) is 11.4. The lowest BCUT2D eigenvalue weighted by molar-refractivity contribution is -0.143. The Balaban J connectivity index is 2.36. The van der Waals surface area contributed by atoms with E-state index < -0.39 is 11.4 Å². The van der Waals surface area contributed by atoms with E-state index >= 15 is 0 Å². The van der Waals surface area contributed by atoms with Crippen molar-refractivity contribution in [2.45, 2.75) is 23.6 Å². The Morgan fingerprint density at radius 3 is 2.25 bits per heavy atom. The third-order valence-corrected chi connectivity index (χ3v) is 3.82. The summed E-state index contributed by atoms with van der Waals surface area (Å²) in [5.74, 6) is -0.732. The van der Waals surface area contributed by atoms with Crippen LogP contribution in [0.5, 0.6) is 0 Å². The van der Waals surface area contributed by atoms with E-state index in [2.05, 4.69) is 15.9 Å². The van der Waals surface area contributed by atoms with Gasteiger partial charge in [0.1, 0.15) is 0 Å². The number of carboxylic acids is 1. The molecule has 0 aromatic heterocycles. The Morgan fingerprint density at radius 1 is 1.25 bits per heavy atom. The van der Waals surface area contributed by atoms with E-state index in [1.54, 1.807) is 0 Å². The standard InChI is InChI=1S/C13H13BrO2/c14-9-10-3-5-11(6-4-10)13(12(15)16)7-1-2-8-13/h1-6H,7-9H2,(H,15,16). The van der Waals surface area contributed by atoms with Gasteiger partial charge < -0.3 is 5.11 Å². The Bertz CT molecular complexity index is 412. The second-order valence-electron chi connectivity index (χ2n) is 4.10. The summed E-state index contributed by atoms with van der Waals surface area (Å²) in [5, 5.41) is 10.2. The van der Waals surface area contributed by atoms with Gasteiger partial charge >= 0.3 is 5.97 Å². The Morgan fingerprint density at radius 2 is 1.81 bits per heavy atom. The van der Waals surface area contributed by atoms with Crippen LogP contribution in [0.25, 0.3) is 0 Å². The van der Waals surface area contributed by atoms with Crippen molar-refractivity contribution >= 4 is 21.9 Å².